The average Bonchev–Trinajstić information content (AvgIpc) is 3.27. The van der Waals surface area contributed by atoms with Gasteiger partial charge >= 0.3 is 6.18 Å². The number of benzene rings is 2. The van der Waals surface area contributed by atoms with Crippen LogP contribution in [0.3, 0.4) is 0 Å². The molecule has 0 atom stereocenters. The molecule has 0 aliphatic heterocycles. The summed E-state index contributed by atoms with van der Waals surface area (Å²) in [4.78, 5) is 7.37. The summed E-state index contributed by atoms with van der Waals surface area (Å²) >= 11 is 0. The number of rotatable bonds is 4. The van der Waals surface area contributed by atoms with Gasteiger partial charge < -0.3 is 9.40 Å². The van der Waals surface area contributed by atoms with Gasteiger partial charge in [0.2, 0.25) is 5.95 Å². The smallest absolute Gasteiger partial charge is 0.416 e. The molecule has 0 fully saturated rings. The number of imidazole rings is 1. The average molecular weight is 370 g/mol. The normalized spacial score (nSPS) is 12.1. The van der Waals surface area contributed by atoms with Gasteiger partial charge in [0.15, 0.2) is 0 Å². The van der Waals surface area contributed by atoms with Crippen molar-refractivity contribution in [1.29, 1.82) is 0 Å². The Morgan fingerprint density at radius 2 is 1.89 bits per heavy atom. The van der Waals surface area contributed by atoms with Crippen molar-refractivity contribution in [2.75, 3.05) is 5.43 Å². The first-order chi connectivity index (χ1) is 13.0. The van der Waals surface area contributed by atoms with Crippen LogP contribution in [0.1, 0.15) is 11.3 Å². The molecule has 0 saturated carbocycles. The number of alkyl halides is 3. The van der Waals surface area contributed by atoms with E-state index < -0.39 is 11.7 Å². The molecule has 2 aromatic heterocycles. The molecule has 2 aromatic carbocycles. The monoisotopic (exact) mass is 370 g/mol. The van der Waals surface area contributed by atoms with E-state index in [1.165, 1.54) is 12.3 Å². The standard InChI is InChI=1S/C19H13F3N4O/c20-19(21,22)13-5-3-4-12(10-13)17-9-8-14(27-17)11-23-26-18-24-15-6-1-2-7-16(15)25-18/h1-11H,(H2,24,25,26)/b23-11+. The minimum Gasteiger partial charge on any atom is -0.455 e. The molecule has 0 aliphatic carbocycles. The second kappa shape index (κ2) is 6.64. The second-order valence-corrected chi connectivity index (χ2v) is 5.75. The second-order valence-electron chi connectivity index (χ2n) is 5.75. The van der Waals surface area contributed by atoms with Crippen molar-refractivity contribution in [2.45, 2.75) is 6.18 Å². The topological polar surface area (TPSA) is 66.2 Å². The molecule has 0 bridgehead atoms. The number of halogens is 3. The molecule has 5 nitrogen and oxygen atoms in total. The van der Waals surface area contributed by atoms with Crippen molar-refractivity contribution in [3.63, 3.8) is 0 Å². The molecule has 0 saturated heterocycles. The van der Waals surface area contributed by atoms with E-state index in [4.69, 9.17) is 4.42 Å². The highest BCUT2D eigenvalue weighted by Crippen LogP contribution is 2.32. The van der Waals surface area contributed by atoms with Crippen LogP contribution in [-0.2, 0) is 6.18 Å². The lowest BCUT2D eigenvalue weighted by Gasteiger charge is -2.07. The van der Waals surface area contributed by atoms with E-state index in [2.05, 4.69) is 20.5 Å². The van der Waals surface area contributed by atoms with Gasteiger partial charge in [-0.3, -0.25) is 0 Å². The number of hydrogen-bond acceptors (Lipinski definition) is 4. The van der Waals surface area contributed by atoms with Crippen LogP contribution in [0.5, 0.6) is 0 Å². The number of hydrazone groups is 1. The van der Waals surface area contributed by atoms with Gasteiger partial charge in [0.1, 0.15) is 11.5 Å². The molecule has 0 spiro atoms. The fraction of sp³-hybridized carbons (Fsp3) is 0.0526. The van der Waals surface area contributed by atoms with Crippen molar-refractivity contribution in [2.24, 2.45) is 5.10 Å². The highest BCUT2D eigenvalue weighted by molar-refractivity contribution is 5.79. The maximum atomic E-state index is 12.8. The molecular formula is C19H13F3N4O. The lowest BCUT2D eigenvalue weighted by atomic mass is 10.1. The van der Waals surface area contributed by atoms with E-state index >= 15 is 0 Å². The van der Waals surface area contributed by atoms with Crippen molar-refractivity contribution in [1.82, 2.24) is 9.97 Å². The summed E-state index contributed by atoms with van der Waals surface area (Å²) in [7, 11) is 0. The molecule has 4 rings (SSSR count). The van der Waals surface area contributed by atoms with Crippen molar-refractivity contribution in [3.05, 3.63) is 72.0 Å². The van der Waals surface area contributed by atoms with Crippen LogP contribution >= 0.6 is 0 Å². The molecule has 0 aliphatic rings. The molecule has 8 heteroatoms. The number of anilines is 1. The van der Waals surface area contributed by atoms with Crippen LogP contribution in [0.2, 0.25) is 0 Å². The Labute approximate surface area is 151 Å². The predicted octanol–water partition coefficient (Wildman–Crippen LogP) is 5.29. The quantitative estimate of drug-likeness (QED) is 0.379. The number of nitrogens with one attached hydrogen (secondary N) is 2. The summed E-state index contributed by atoms with van der Waals surface area (Å²) in [6.45, 7) is 0. The number of H-pyrrole nitrogens is 1. The van der Waals surface area contributed by atoms with Crippen LogP contribution < -0.4 is 5.43 Å². The van der Waals surface area contributed by atoms with E-state index in [0.717, 1.165) is 23.2 Å². The van der Waals surface area contributed by atoms with Crippen LogP contribution in [0.25, 0.3) is 22.4 Å². The fourth-order valence-electron chi connectivity index (χ4n) is 2.59. The number of fused-ring (bicyclic) bond motifs is 1. The van der Waals surface area contributed by atoms with Gasteiger partial charge in [-0.05, 0) is 36.4 Å². The fourth-order valence-corrected chi connectivity index (χ4v) is 2.59. The maximum Gasteiger partial charge on any atom is 0.416 e. The van der Waals surface area contributed by atoms with Gasteiger partial charge in [-0.15, -0.1) is 0 Å². The van der Waals surface area contributed by atoms with Gasteiger partial charge in [-0.1, -0.05) is 24.3 Å². The minimum absolute atomic E-state index is 0.325. The zero-order valence-corrected chi connectivity index (χ0v) is 13.8. The Bertz CT molecular complexity index is 1080. The third-order valence-corrected chi connectivity index (χ3v) is 3.85. The predicted molar refractivity (Wildman–Crippen MR) is 96.5 cm³/mol. The van der Waals surface area contributed by atoms with Crippen LogP contribution in [0.4, 0.5) is 19.1 Å². The molecule has 136 valence electrons. The number of nitrogens with zero attached hydrogens (tertiary/aromatic N) is 2. The Hall–Kier alpha value is -3.55. The Kier molecular flexibility index (Phi) is 4.15. The molecule has 0 unspecified atom stereocenters. The number of para-hydroxylation sites is 2. The van der Waals surface area contributed by atoms with Gasteiger partial charge in [0.05, 0.1) is 22.8 Å². The highest BCUT2D eigenvalue weighted by atomic mass is 19.4. The van der Waals surface area contributed by atoms with Crippen molar-refractivity contribution < 1.29 is 17.6 Å². The van der Waals surface area contributed by atoms with E-state index in [1.54, 1.807) is 18.2 Å². The number of aromatic amines is 1. The Balaban J connectivity index is 1.48. The summed E-state index contributed by atoms with van der Waals surface area (Å²) in [5.74, 6) is 1.19. The Morgan fingerprint density at radius 1 is 1.04 bits per heavy atom. The first kappa shape index (κ1) is 16.9. The van der Waals surface area contributed by atoms with E-state index in [-0.39, 0.29) is 0 Å². The summed E-state index contributed by atoms with van der Waals surface area (Å²) < 4.78 is 44.0. The van der Waals surface area contributed by atoms with Crippen molar-refractivity contribution >= 4 is 23.2 Å². The van der Waals surface area contributed by atoms with Crippen LogP contribution in [-0.4, -0.2) is 16.2 Å². The molecule has 27 heavy (non-hydrogen) atoms. The molecule has 0 radical (unpaired) electrons. The summed E-state index contributed by atoms with van der Waals surface area (Å²) in [5.41, 5.74) is 4.05. The molecule has 2 N–H and O–H groups in total. The van der Waals surface area contributed by atoms with E-state index in [0.29, 0.717) is 23.0 Å². The zero-order chi connectivity index (χ0) is 18.9. The number of hydrogen-bond donors (Lipinski definition) is 2. The van der Waals surface area contributed by atoms with Gasteiger partial charge in [0, 0.05) is 5.56 Å². The van der Waals surface area contributed by atoms with Crippen LogP contribution in [0.15, 0.2) is 70.2 Å². The SMILES string of the molecule is FC(F)(F)c1cccc(-c2ccc(/C=N/Nc3nc4ccccc4[nH]3)o2)c1. The third kappa shape index (κ3) is 3.69. The summed E-state index contributed by atoms with van der Waals surface area (Å²) in [5, 5.41) is 4.03. The van der Waals surface area contributed by atoms with E-state index in [1.807, 2.05) is 24.3 Å². The lowest BCUT2D eigenvalue weighted by molar-refractivity contribution is -0.137. The van der Waals surface area contributed by atoms with Crippen LogP contribution in [0, 0.1) is 0 Å². The molecule has 2 heterocycles. The first-order valence-electron chi connectivity index (χ1n) is 8.00. The highest BCUT2D eigenvalue weighted by Gasteiger charge is 2.30. The van der Waals surface area contributed by atoms with Gasteiger partial charge in [0.25, 0.3) is 0 Å². The minimum atomic E-state index is -4.40. The van der Waals surface area contributed by atoms with Gasteiger partial charge in [-0.25, -0.2) is 10.4 Å². The lowest BCUT2D eigenvalue weighted by Crippen LogP contribution is -2.04. The Morgan fingerprint density at radius 3 is 2.70 bits per heavy atom. The van der Waals surface area contributed by atoms with Gasteiger partial charge in [-0.2, -0.15) is 18.3 Å². The largest absolute Gasteiger partial charge is 0.455 e. The summed E-state index contributed by atoms with van der Waals surface area (Å²) in [6, 6.07) is 15.7. The summed E-state index contributed by atoms with van der Waals surface area (Å²) in [6.07, 6.45) is -2.98. The van der Waals surface area contributed by atoms with Crippen molar-refractivity contribution in [3.8, 4) is 11.3 Å². The first-order valence-corrected chi connectivity index (χ1v) is 8.00. The maximum absolute atomic E-state index is 12.8. The van der Waals surface area contributed by atoms with E-state index in [9.17, 15) is 13.2 Å². The number of furan rings is 1. The molecule has 0 amide bonds. The number of aromatic nitrogens is 2. The molecular weight excluding hydrogens is 357 g/mol. The zero-order valence-electron chi connectivity index (χ0n) is 13.8. The molecule has 4 aromatic rings. The third-order valence-electron chi connectivity index (χ3n) is 3.85.